The Morgan fingerprint density at radius 3 is 2.50 bits per heavy atom. The molecule has 1 aromatic carbocycles. The molecule has 0 heterocycles. The molecule has 0 fully saturated rings. The fourth-order valence-electron chi connectivity index (χ4n) is 1.15. The summed E-state index contributed by atoms with van der Waals surface area (Å²) in [6, 6.07) is 8.14. The van der Waals surface area contributed by atoms with Crippen LogP contribution in [0, 0.1) is 0 Å². The van der Waals surface area contributed by atoms with E-state index in [2.05, 4.69) is 5.32 Å². The monoisotopic (exact) mass is 222 g/mol. The number of rotatable bonds is 5. The highest BCUT2D eigenvalue weighted by Gasteiger charge is 2.12. The van der Waals surface area contributed by atoms with Gasteiger partial charge in [-0.1, -0.05) is 30.3 Å². The molecule has 0 saturated carbocycles. The molecule has 1 aromatic rings. The Morgan fingerprint density at radius 2 is 1.94 bits per heavy atom. The Hall–Kier alpha value is -1.88. The van der Waals surface area contributed by atoms with Crippen LogP contribution >= 0.6 is 0 Å². The summed E-state index contributed by atoms with van der Waals surface area (Å²) in [7, 11) is 0. The molecule has 0 aliphatic rings. The van der Waals surface area contributed by atoms with E-state index in [1.54, 1.807) is 0 Å². The highest BCUT2D eigenvalue weighted by atomic mass is 16.4. The zero-order chi connectivity index (χ0) is 12.0. The number of carboxylic acid groups (broad SMARTS) is 1. The smallest absolute Gasteiger partial charge is 0.322 e. The number of benzene rings is 1. The molecule has 4 N–H and O–H groups in total. The van der Waals surface area contributed by atoms with Gasteiger partial charge in [-0.15, -0.1) is 0 Å². The summed E-state index contributed by atoms with van der Waals surface area (Å²) in [5, 5.41) is 11.0. The Bertz CT molecular complexity index is 365. The number of carbonyl (C=O) groups is 2. The van der Waals surface area contributed by atoms with E-state index in [4.69, 9.17) is 10.8 Å². The molecule has 0 radical (unpaired) electrons. The Balaban J connectivity index is 2.35. The minimum atomic E-state index is -1.12. The SMILES string of the molecule is N[C@H](CNC(=O)Cc1ccccc1)C(=O)O. The molecule has 1 atom stereocenters. The summed E-state index contributed by atoms with van der Waals surface area (Å²) in [6.45, 7) is -0.0546. The van der Waals surface area contributed by atoms with Crippen molar-refractivity contribution in [2.75, 3.05) is 6.54 Å². The predicted molar refractivity (Wildman–Crippen MR) is 58.8 cm³/mol. The van der Waals surface area contributed by atoms with Crippen molar-refractivity contribution in [1.29, 1.82) is 0 Å². The summed E-state index contributed by atoms with van der Waals surface area (Å²) < 4.78 is 0. The van der Waals surface area contributed by atoms with Gasteiger partial charge < -0.3 is 16.2 Å². The second-order valence-corrected chi connectivity index (χ2v) is 3.41. The number of amides is 1. The molecule has 0 aliphatic carbocycles. The van der Waals surface area contributed by atoms with E-state index in [1.165, 1.54) is 0 Å². The molecule has 0 bridgehead atoms. The molecule has 0 aromatic heterocycles. The first kappa shape index (κ1) is 12.2. The number of aliphatic carboxylic acids is 1. The average molecular weight is 222 g/mol. The van der Waals surface area contributed by atoms with E-state index in [-0.39, 0.29) is 18.9 Å². The third-order valence-electron chi connectivity index (χ3n) is 2.04. The van der Waals surface area contributed by atoms with Crippen LogP contribution in [0.1, 0.15) is 5.56 Å². The fourth-order valence-corrected chi connectivity index (χ4v) is 1.15. The quantitative estimate of drug-likeness (QED) is 0.641. The number of hydrogen-bond donors (Lipinski definition) is 3. The number of nitrogens with two attached hydrogens (primary N) is 1. The van der Waals surface area contributed by atoms with Crippen LogP contribution in [0.15, 0.2) is 30.3 Å². The number of nitrogens with one attached hydrogen (secondary N) is 1. The van der Waals surface area contributed by atoms with Crippen LogP contribution in [-0.2, 0) is 16.0 Å². The van der Waals surface area contributed by atoms with E-state index in [1.807, 2.05) is 30.3 Å². The maximum absolute atomic E-state index is 11.4. The molecular weight excluding hydrogens is 208 g/mol. The van der Waals surface area contributed by atoms with Crippen molar-refractivity contribution in [2.24, 2.45) is 5.73 Å². The molecule has 5 heteroatoms. The highest BCUT2D eigenvalue weighted by Crippen LogP contribution is 1.98. The Labute approximate surface area is 93.3 Å². The van der Waals surface area contributed by atoms with Crippen LogP contribution in [-0.4, -0.2) is 29.6 Å². The molecule has 1 rings (SSSR count). The molecule has 1 amide bonds. The van der Waals surface area contributed by atoms with E-state index in [0.717, 1.165) is 5.56 Å². The van der Waals surface area contributed by atoms with E-state index in [9.17, 15) is 9.59 Å². The first-order valence-corrected chi connectivity index (χ1v) is 4.88. The van der Waals surface area contributed by atoms with Crippen LogP contribution in [0.25, 0.3) is 0 Å². The van der Waals surface area contributed by atoms with Crippen molar-refractivity contribution >= 4 is 11.9 Å². The summed E-state index contributed by atoms with van der Waals surface area (Å²) in [4.78, 5) is 21.8. The lowest BCUT2D eigenvalue weighted by atomic mass is 10.1. The zero-order valence-electron chi connectivity index (χ0n) is 8.72. The Kier molecular flexibility index (Phi) is 4.47. The van der Waals surface area contributed by atoms with Gasteiger partial charge in [-0.3, -0.25) is 9.59 Å². The molecule has 0 spiro atoms. The van der Waals surface area contributed by atoms with Crippen molar-refractivity contribution in [1.82, 2.24) is 5.32 Å². The van der Waals surface area contributed by atoms with Gasteiger partial charge in [0, 0.05) is 6.54 Å². The zero-order valence-corrected chi connectivity index (χ0v) is 8.72. The van der Waals surface area contributed by atoms with E-state index in [0.29, 0.717) is 0 Å². The number of carbonyl (C=O) groups excluding carboxylic acids is 1. The summed E-state index contributed by atoms with van der Waals surface area (Å²) in [5.74, 6) is -1.36. The van der Waals surface area contributed by atoms with Crippen LogP contribution in [0.5, 0.6) is 0 Å². The maximum Gasteiger partial charge on any atom is 0.322 e. The van der Waals surface area contributed by atoms with Crippen molar-refractivity contribution < 1.29 is 14.7 Å². The van der Waals surface area contributed by atoms with Gasteiger partial charge in [0.15, 0.2) is 0 Å². The third kappa shape index (κ3) is 4.10. The van der Waals surface area contributed by atoms with E-state index >= 15 is 0 Å². The summed E-state index contributed by atoms with van der Waals surface area (Å²) in [5.41, 5.74) is 6.12. The van der Waals surface area contributed by atoms with E-state index < -0.39 is 12.0 Å². The summed E-state index contributed by atoms with van der Waals surface area (Å²) in [6.07, 6.45) is 0.229. The number of carboxylic acids is 1. The standard InChI is InChI=1S/C11H14N2O3/c12-9(11(15)16)7-13-10(14)6-8-4-2-1-3-5-8/h1-5,9H,6-7,12H2,(H,13,14)(H,15,16)/t9-/m1/s1. The molecule has 0 unspecified atom stereocenters. The van der Waals surface area contributed by atoms with Gasteiger partial charge in [0.25, 0.3) is 0 Å². The van der Waals surface area contributed by atoms with Crippen LogP contribution in [0.4, 0.5) is 0 Å². The first-order chi connectivity index (χ1) is 7.59. The van der Waals surface area contributed by atoms with Crippen LogP contribution in [0.3, 0.4) is 0 Å². The van der Waals surface area contributed by atoms with Gasteiger partial charge in [-0.05, 0) is 5.56 Å². The molecule has 5 nitrogen and oxygen atoms in total. The molecule has 86 valence electrons. The van der Waals surface area contributed by atoms with Gasteiger partial charge in [0.1, 0.15) is 6.04 Å². The summed E-state index contributed by atoms with van der Waals surface area (Å²) >= 11 is 0. The second kappa shape index (κ2) is 5.87. The maximum atomic E-state index is 11.4. The molecule has 16 heavy (non-hydrogen) atoms. The van der Waals surface area contributed by atoms with Crippen LogP contribution in [0.2, 0.25) is 0 Å². The fraction of sp³-hybridized carbons (Fsp3) is 0.273. The van der Waals surface area contributed by atoms with Crippen LogP contribution < -0.4 is 11.1 Å². The lowest BCUT2D eigenvalue weighted by Gasteiger charge is -2.08. The molecule has 0 saturated heterocycles. The van der Waals surface area contributed by atoms with Gasteiger partial charge in [-0.25, -0.2) is 0 Å². The van der Waals surface area contributed by atoms with Crippen molar-refractivity contribution in [3.05, 3.63) is 35.9 Å². The third-order valence-corrected chi connectivity index (χ3v) is 2.04. The van der Waals surface area contributed by atoms with Crippen molar-refractivity contribution in [3.8, 4) is 0 Å². The van der Waals surface area contributed by atoms with Crippen molar-refractivity contribution in [2.45, 2.75) is 12.5 Å². The van der Waals surface area contributed by atoms with Gasteiger partial charge >= 0.3 is 5.97 Å². The van der Waals surface area contributed by atoms with Crippen molar-refractivity contribution in [3.63, 3.8) is 0 Å². The largest absolute Gasteiger partial charge is 0.480 e. The van der Waals surface area contributed by atoms with Gasteiger partial charge in [0.05, 0.1) is 6.42 Å². The molecular formula is C11H14N2O3. The number of hydrogen-bond acceptors (Lipinski definition) is 3. The lowest BCUT2D eigenvalue weighted by molar-refractivity contribution is -0.138. The average Bonchev–Trinajstić information content (AvgIpc) is 2.27. The minimum Gasteiger partial charge on any atom is -0.480 e. The highest BCUT2D eigenvalue weighted by molar-refractivity contribution is 5.80. The minimum absolute atomic E-state index is 0.0546. The lowest BCUT2D eigenvalue weighted by Crippen LogP contribution is -2.42. The predicted octanol–water partition coefficient (Wildman–Crippen LogP) is -0.243. The van der Waals surface area contributed by atoms with Gasteiger partial charge in [-0.2, -0.15) is 0 Å². The molecule has 0 aliphatic heterocycles. The normalized spacial score (nSPS) is 11.8. The topological polar surface area (TPSA) is 92.4 Å². The first-order valence-electron chi connectivity index (χ1n) is 4.88. The Morgan fingerprint density at radius 1 is 1.31 bits per heavy atom. The second-order valence-electron chi connectivity index (χ2n) is 3.41. The van der Waals surface area contributed by atoms with Gasteiger partial charge in [0.2, 0.25) is 5.91 Å².